The molecule has 0 bridgehead atoms. The molecule has 0 spiro atoms. The molecule has 0 atom stereocenters. The monoisotopic (exact) mass is 369 g/mol. The van der Waals surface area contributed by atoms with E-state index in [1.807, 2.05) is 6.07 Å². The molecule has 5 nitrogen and oxygen atoms in total. The average molecular weight is 369 g/mol. The molecule has 2 amide bonds. The molecule has 2 aromatic carbocycles. The maximum Gasteiger partial charge on any atom is 0.261 e. The predicted molar refractivity (Wildman–Crippen MR) is 105 cm³/mol. The maximum atomic E-state index is 14.4. The summed E-state index contributed by atoms with van der Waals surface area (Å²) < 4.78 is 14.4. The molecule has 1 heterocycles. The van der Waals surface area contributed by atoms with Gasteiger partial charge >= 0.3 is 0 Å². The van der Waals surface area contributed by atoms with E-state index in [1.54, 1.807) is 37.8 Å². The Labute approximate surface area is 158 Å². The molecular formula is C21H24FN3O2. The summed E-state index contributed by atoms with van der Waals surface area (Å²) in [5.41, 5.74) is 8.02. The molecule has 1 aliphatic heterocycles. The van der Waals surface area contributed by atoms with Crippen molar-refractivity contribution >= 4 is 28.9 Å². The van der Waals surface area contributed by atoms with E-state index in [0.717, 1.165) is 24.1 Å². The predicted octanol–water partition coefficient (Wildman–Crippen LogP) is 3.99. The van der Waals surface area contributed by atoms with Crippen LogP contribution in [0.5, 0.6) is 0 Å². The second kappa shape index (κ2) is 7.02. The number of nitrogens with zero attached hydrogens (tertiary/aromatic N) is 1. The number of anilines is 3. The molecule has 3 rings (SSSR count). The molecule has 0 aromatic heterocycles. The minimum atomic E-state index is -0.621. The molecule has 0 saturated carbocycles. The molecule has 0 radical (unpaired) electrons. The number of nitrogen functional groups attached to an aromatic ring is 1. The van der Waals surface area contributed by atoms with Crippen LogP contribution in [0.2, 0.25) is 0 Å². The van der Waals surface area contributed by atoms with Gasteiger partial charge in [-0.1, -0.05) is 26.8 Å². The van der Waals surface area contributed by atoms with Crippen molar-refractivity contribution in [3.63, 3.8) is 0 Å². The number of nitrogens with one attached hydrogen (secondary N) is 1. The van der Waals surface area contributed by atoms with Gasteiger partial charge in [-0.3, -0.25) is 9.59 Å². The van der Waals surface area contributed by atoms with E-state index < -0.39 is 17.1 Å². The first-order valence-corrected chi connectivity index (χ1v) is 8.98. The lowest BCUT2D eigenvalue weighted by Gasteiger charge is -2.30. The zero-order valence-corrected chi connectivity index (χ0v) is 15.8. The summed E-state index contributed by atoms with van der Waals surface area (Å²) in [6.45, 7) is 5.85. The lowest BCUT2D eigenvalue weighted by Crippen LogP contribution is -2.36. The first kappa shape index (κ1) is 18.9. The van der Waals surface area contributed by atoms with Gasteiger partial charge in [0.05, 0.1) is 5.56 Å². The van der Waals surface area contributed by atoms with Crippen LogP contribution in [0.25, 0.3) is 0 Å². The molecule has 6 heteroatoms. The van der Waals surface area contributed by atoms with E-state index in [4.69, 9.17) is 5.73 Å². The molecule has 0 aliphatic carbocycles. The molecule has 27 heavy (non-hydrogen) atoms. The van der Waals surface area contributed by atoms with E-state index in [1.165, 1.54) is 18.2 Å². The van der Waals surface area contributed by atoms with E-state index in [2.05, 4.69) is 5.32 Å². The van der Waals surface area contributed by atoms with Gasteiger partial charge in [0.25, 0.3) is 5.91 Å². The summed E-state index contributed by atoms with van der Waals surface area (Å²) in [5, 5.41) is 2.74. The summed E-state index contributed by atoms with van der Waals surface area (Å²) in [4.78, 5) is 26.8. The Morgan fingerprint density at radius 3 is 2.63 bits per heavy atom. The first-order chi connectivity index (χ1) is 12.7. The SMILES string of the molecule is CC(C)(C)C(=O)Nc1ccc(F)c(C(=O)N2CCCc3c(N)cccc32)c1. The third-order valence-electron chi connectivity index (χ3n) is 4.67. The number of nitrogens with two attached hydrogens (primary N) is 1. The van der Waals surface area contributed by atoms with Gasteiger partial charge < -0.3 is 16.0 Å². The topological polar surface area (TPSA) is 75.4 Å². The summed E-state index contributed by atoms with van der Waals surface area (Å²) in [6, 6.07) is 9.47. The highest BCUT2D eigenvalue weighted by atomic mass is 19.1. The Morgan fingerprint density at radius 1 is 1.19 bits per heavy atom. The highest BCUT2D eigenvalue weighted by Gasteiger charge is 2.27. The number of carbonyl (C=O) groups excluding carboxylic acids is 2. The molecule has 142 valence electrons. The minimum Gasteiger partial charge on any atom is -0.398 e. The van der Waals surface area contributed by atoms with E-state index in [0.29, 0.717) is 17.9 Å². The molecule has 0 unspecified atom stereocenters. The van der Waals surface area contributed by atoms with Crippen LogP contribution in [0, 0.1) is 11.2 Å². The number of carbonyl (C=O) groups is 2. The first-order valence-electron chi connectivity index (χ1n) is 8.98. The Kier molecular flexibility index (Phi) is 4.91. The second-order valence-corrected chi connectivity index (χ2v) is 7.80. The van der Waals surface area contributed by atoms with Gasteiger partial charge in [0.1, 0.15) is 5.82 Å². The van der Waals surface area contributed by atoms with Crippen molar-refractivity contribution in [2.24, 2.45) is 5.41 Å². The fraction of sp³-hybridized carbons (Fsp3) is 0.333. The lowest BCUT2D eigenvalue weighted by molar-refractivity contribution is -0.123. The summed E-state index contributed by atoms with van der Waals surface area (Å²) in [5.74, 6) is -1.26. The van der Waals surface area contributed by atoms with Crippen molar-refractivity contribution in [2.45, 2.75) is 33.6 Å². The molecular weight excluding hydrogens is 345 g/mol. The normalized spacial score (nSPS) is 13.9. The van der Waals surface area contributed by atoms with Crippen LogP contribution in [0.4, 0.5) is 21.5 Å². The van der Waals surface area contributed by atoms with Crippen LogP contribution in [-0.4, -0.2) is 18.4 Å². The summed E-state index contributed by atoms with van der Waals surface area (Å²) >= 11 is 0. The fourth-order valence-corrected chi connectivity index (χ4v) is 3.09. The molecule has 0 fully saturated rings. The fourth-order valence-electron chi connectivity index (χ4n) is 3.09. The molecule has 3 N–H and O–H groups in total. The smallest absolute Gasteiger partial charge is 0.261 e. The third kappa shape index (κ3) is 3.79. The minimum absolute atomic E-state index is 0.0722. The van der Waals surface area contributed by atoms with Gasteiger partial charge in [-0.05, 0) is 48.7 Å². The van der Waals surface area contributed by atoms with Gasteiger partial charge in [-0.2, -0.15) is 0 Å². The zero-order valence-electron chi connectivity index (χ0n) is 15.8. The second-order valence-electron chi connectivity index (χ2n) is 7.80. The summed E-state index contributed by atoms with van der Waals surface area (Å²) in [6.07, 6.45) is 1.55. The van der Waals surface area contributed by atoms with Crippen LogP contribution in [0.15, 0.2) is 36.4 Å². The Morgan fingerprint density at radius 2 is 1.93 bits per heavy atom. The Hall–Kier alpha value is -2.89. The van der Waals surface area contributed by atoms with Crippen LogP contribution in [0.3, 0.4) is 0 Å². The van der Waals surface area contributed by atoms with Gasteiger partial charge in [-0.15, -0.1) is 0 Å². The van der Waals surface area contributed by atoms with Crippen molar-refractivity contribution in [1.29, 1.82) is 0 Å². The van der Waals surface area contributed by atoms with E-state index >= 15 is 0 Å². The Balaban J connectivity index is 1.93. The Bertz CT molecular complexity index is 903. The van der Waals surface area contributed by atoms with Gasteiger partial charge in [-0.25, -0.2) is 4.39 Å². The quantitative estimate of drug-likeness (QED) is 0.786. The zero-order chi connectivity index (χ0) is 19.8. The number of hydrogen-bond donors (Lipinski definition) is 2. The number of rotatable bonds is 2. The van der Waals surface area contributed by atoms with Crippen LogP contribution < -0.4 is 16.0 Å². The van der Waals surface area contributed by atoms with Crippen molar-refractivity contribution in [1.82, 2.24) is 0 Å². The molecule has 2 aromatic rings. The number of halogens is 1. The highest BCUT2D eigenvalue weighted by molar-refractivity contribution is 6.08. The van der Waals surface area contributed by atoms with Crippen molar-refractivity contribution in [3.05, 3.63) is 53.3 Å². The van der Waals surface area contributed by atoms with Gasteiger partial charge in [0, 0.05) is 29.0 Å². The lowest BCUT2D eigenvalue weighted by atomic mass is 9.95. The standard InChI is InChI=1S/C21H24FN3O2/c1-21(2,3)20(27)24-13-9-10-16(22)15(12-13)19(26)25-11-5-6-14-17(23)7-4-8-18(14)25/h4,7-10,12H,5-6,11,23H2,1-3H3,(H,24,27). The number of benzene rings is 2. The maximum absolute atomic E-state index is 14.4. The van der Waals surface area contributed by atoms with Crippen LogP contribution in [0.1, 0.15) is 43.1 Å². The largest absolute Gasteiger partial charge is 0.398 e. The van der Waals surface area contributed by atoms with Crippen molar-refractivity contribution in [2.75, 3.05) is 22.5 Å². The molecule has 0 saturated heterocycles. The third-order valence-corrected chi connectivity index (χ3v) is 4.67. The number of hydrogen-bond acceptors (Lipinski definition) is 3. The average Bonchev–Trinajstić information content (AvgIpc) is 2.62. The number of amides is 2. The van der Waals surface area contributed by atoms with Gasteiger partial charge in [0.2, 0.25) is 5.91 Å². The highest BCUT2D eigenvalue weighted by Crippen LogP contribution is 2.33. The van der Waals surface area contributed by atoms with Gasteiger partial charge in [0.15, 0.2) is 0 Å². The van der Waals surface area contributed by atoms with Crippen molar-refractivity contribution < 1.29 is 14.0 Å². The number of fused-ring (bicyclic) bond motifs is 1. The van der Waals surface area contributed by atoms with E-state index in [-0.39, 0.29) is 11.5 Å². The van der Waals surface area contributed by atoms with Crippen molar-refractivity contribution in [3.8, 4) is 0 Å². The van der Waals surface area contributed by atoms with Crippen LogP contribution >= 0.6 is 0 Å². The van der Waals surface area contributed by atoms with Crippen LogP contribution in [-0.2, 0) is 11.2 Å². The summed E-state index contributed by atoms with van der Waals surface area (Å²) in [7, 11) is 0. The van der Waals surface area contributed by atoms with E-state index in [9.17, 15) is 14.0 Å². The molecule has 1 aliphatic rings.